The third-order valence-corrected chi connectivity index (χ3v) is 5.37. The Kier molecular flexibility index (Phi) is 4.45. The highest BCUT2D eigenvalue weighted by Gasteiger charge is 2.29. The van der Waals surface area contributed by atoms with Crippen LogP contribution in [0.3, 0.4) is 0 Å². The molecule has 0 radical (unpaired) electrons. The van der Waals surface area contributed by atoms with Gasteiger partial charge in [-0.1, -0.05) is 35.9 Å². The number of benzene rings is 2. The topological polar surface area (TPSA) is 44.7 Å². The Labute approximate surface area is 158 Å². The van der Waals surface area contributed by atoms with Crippen LogP contribution in [0.15, 0.2) is 47.6 Å². The van der Waals surface area contributed by atoms with Gasteiger partial charge >= 0.3 is 6.03 Å². The fourth-order valence-corrected chi connectivity index (χ4v) is 3.64. The molecule has 134 valence electrons. The van der Waals surface area contributed by atoms with E-state index in [1.807, 2.05) is 31.2 Å². The second-order valence-electron chi connectivity index (χ2n) is 7.10. The van der Waals surface area contributed by atoms with Crippen LogP contribution < -0.4 is 5.32 Å². The van der Waals surface area contributed by atoms with Gasteiger partial charge in [0, 0.05) is 23.2 Å². The van der Waals surface area contributed by atoms with E-state index < -0.39 is 0 Å². The minimum atomic E-state index is -0.195. The molecular weight excluding hydrogens is 346 g/mol. The summed E-state index contributed by atoms with van der Waals surface area (Å²) in [7, 11) is 1.63. The summed E-state index contributed by atoms with van der Waals surface area (Å²) in [5.74, 6) is 0.669. The highest BCUT2D eigenvalue weighted by atomic mass is 35.5. The number of carbonyl (C=O) groups excluding carboxylic acids is 1. The van der Waals surface area contributed by atoms with Crippen LogP contribution >= 0.6 is 11.6 Å². The molecule has 2 aliphatic rings. The van der Waals surface area contributed by atoms with Gasteiger partial charge in [-0.15, -0.1) is 0 Å². The Morgan fingerprint density at radius 2 is 1.92 bits per heavy atom. The van der Waals surface area contributed by atoms with Gasteiger partial charge in [0.25, 0.3) is 0 Å². The van der Waals surface area contributed by atoms with Crippen molar-refractivity contribution in [2.24, 2.45) is 5.10 Å². The number of urea groups is 1. The molecule has 2 aromatic carbocycles. The zero-order valence-corrected chi connectivity index (χ0v) is 15.8. The number of hydrazone groups is 1. The molecule has 2 aromatic rings. The van der Waals surface area contributed by atoms with E-state index in [9.17, 15) is 4.79 Å². The molecule has 1 atom stereocenters. The lowest BCUT2D eigenvalue weighted by Crippen LogP contribution is -2.41. The van der Waals surface area contributed by atoms with Crippen molar-refractivity contribution in [3.05, 3.63) is 69.7 Å². The Morgan fingerprint density at radius 1 is 1.19 bits per heavy atom. The Hall–Kier alpha value is -2.33. The van der Waals surface area contributed by atoms with Gasteiger partial charge in [-0.25, -0.2) is 9.80 Å². The largest absolute Gasteiger partial charge is 0.340 e. The van der Waals surface area contributed by atoms with Crippen LogP contribution in [-0.4, -0.2) is 29.8 Å². The zero-order chi connectivity index (χ0) is 18.3. The Morgan fingerprint density at radius 3 is 2.58 bits per heavy atom. The minimum absolute atomic E-state index is 0.0229. The standard InChI is InChI=1S/C21H22ClN3O/c1-13-11-17-6-5-16(14-3-4-14)12-19(17)20(24-25(13)21(26)23-2)15-7-9-18(22)10-8-15/h5-10,12-14H,3-4,11H2,1-2H3,(H,23,26). The monoisotopic (exact) mass is 367 g/mol. The maximum absolute atomic E-state index is 12.4. The predicted octanol–water partition coefficient (Wildman–Crippen LogP) is 4.56. The lowest BCUT2D eigenvalue weighted by atomic mass is 9.92. The lowest BCUT2D eigenvalue weighted by Gasteiger charge is -2.22. The van der Waals surface area contributed by atoms with Crippen LogP contribution in [0.25, 0.3) is 0 Å². The van der Waals surface area contributed by atoms with Crippen molar-refractivity contribution < 1.29 is 4.79 Å². The number of fused-ring (bicyclic) bond motifs is 1. The van der Waals surface area contributed by atoms with Crippen molar-refractivity contribution in [3.8, 4) is 0 Å². The fraction of sp³-hybridized carbons (Fsp3) is 0.333. The third kappa shape index (κ3) is 3.21. The molecule has 5 heteroatoms. The average Bonchev–Trinajstić information content (AvgIpc) is 3.49. The van der Waals surface area contributed by atoms with Crippen molar-refractivity contribution in [1.29, 1.82) is 0 Å². The van der Waals surface area contributed by atoms with Crippen LogP contribution in [0.5, 0.6) is 0 Å². The van der Waals surface area contributed by atoms with E-state index in [2.05, 4.69) is 23.5 Å². The number of halogens is 1. The summed E-state index contributed by atoms with van der Waals surface area (Å²) in [5, 5.41) is 9.73. The Balaban J connectivity index is 1.88. The van der Waals surface area contributed by atoms with Crippen LogP contribution in [0.4, 0.5) is 4.79 Å². The maximum atomic E-state index is 12.4. The van der Waals surface area contributed by atoms with Crippen molar-refractivity contribution >= 4 is 23.3 Å². The molecule has 0 bridgehead atoms. The van der Waals surface area contributed by atoms with Crippen molar-refractivity contribution in [1.82, 2.24) is 10.3 Å². The normalized spacial score (nSPS) is 19.4. The molecule has 4 rings (SSSR count). The molecule has 0 saturated heterocycles. The smallest absolute Gasteiger partial charge is 0.337 e. The summed E-state index contributed by atoms with van der Waals surface area (Å²) < 4.78 is 0. The number of amides is 2. The van der Waals surface area contributed by atoms with Gasteiger partial charge in [-0.2, -0.15) is 5.10 Å². The second kappa shape index (κ2) is 6.76. The average molecular weight is 368 g/mol. The van der Waals surface area contributed by atoms with Crippen molar-refractivity contribution in [2.45, 2.75) is 38.1 Å². The van der Waals surface area contributed by atoms with Crippen LogP contribution in [0.2, 0.25) is 5.02 Å². The van der Waals surface area contributed by atoms with Gasteiger partial charge in [0.1, 0.15) is 0 Å². The summed E-state index contributed by atoms with van der Waals surface area (Å²) in [4.78, 5) is 12.4. The van der Waals surface area contributed by atoms with Crippen LogP contribution in [0, 0.1) is 0 Å². The molecular formula is C21H22ClN3O. The second-order valence-corrected chi connectivity index (χ2v) is 7.54. The van der Waals surface area contributed by atoms with E-state index in [-0.39, 0.29) is 12.1 Å². The van der Waals surface area contributed by atoms with Gasteiger partial charge in [0.2, 0.25) is 0 Å². The highest BCUT2D eigenvalue weighted by molar-refractivity contribution is 6.30. The zero-order valence-electron chi connectivity index (χ0n) is 15.0. The number of nitrogens with one attached hydrogen (secondary N) is 1. The maximum Gasteiger partial charge on any atom is 0.337 e. The van der Waals surface area contributed by atoms with Gasteiger partial charge < -0.3 is 5.32 Å². The quantitative estimate of drug-likeness (QED) is 0.831. The summed E-state index contributed by atoms with van der Waals surface area (Å²) in [6, 6.07) is 14.1. The Bertz CT molecular complexity index is 871. The molecule has 1 aliphatic carbocycles. The van der Waals surface area contributed by atoms with Crippen LogP contribution in [-0.2, 0) is 6.42 Å². The molecule has 26 heavy (non-hydrogen) atoms. The van der Waals surface area contributed by atoms with Crippen LogP contribution in [0.1, 0.15) is 47.9 Å². The van der Waals surface area contributed by atoms with E-state index in [0.29, 0.717) is 10.9 Å². The van der Waals surface area contributed by atoms with E-state index in [1.54, 1.807) is 12.1 Å². The van der Waals surface area contributed by atoms with E-state index >= 15 is 0 Å². The van der Waals surface area contributed by atoms with Gasteiger partial charge in [-0.3, -0.25) is 0 Å². The summed E-state index contributed by atoms with van der Waals surface area (Å²) >= 11 is 6.07. The van der Waals surface area contributed by atoms with Gasteiger partial charge in [0.15, 0.2) is 0 Å². The van der Waals surface area contributed by atoms with Crippen molar-refractivity contribution in [2.75, 3.05) is 7.05 Å². The minimum Gasteiger partial charge on any atom is -0.340 e. The molecule has 1 saturated carbocycles. The first kappa shape index (κ1) is 17.1. The third-order valence-electron chi connectivity index (χ3n) is 5.12. The number of hydrogen-bond acceptors (Lipinski definition) is 2. The number of carbonyl (C=O) groups is 1. The van der Waals surface area contributed by atoms with E-state index in [4.69, 9.17) is 16.7 Å². The molecule has 2 amide bonds. The molecule has 1 aliphatic heterocycles. The number of hydrogen-bond donors (Lipinski definition) is 1. The summed E-state index contributed by atoms with van der Waals surface area (Å²) in [6.07, 6.45) is 3.29. The first-order valence-electron chi connectivity index (χ1n) is 9.05. The predicted molar refractivity (Wildman–Crippen MR) is 105 cm³/mol. The summed E-state index contributed by atoms with van der Waals surface area (Å²) in [6.45, 7) is 2.03. The molecule has 0 spiro atoms. The number of nitrogens with zero attached hydrogens (tertiary/aromatic N) is 2. The molecule has 1 N–H and O–H groups in total. The molecule has 1 fully saturated rings. The fourth-order valence-electron chi connectivity index (χ4n) is 3.51. The first-order chi connectivity index (χ1) is 12.6. The highest BCUT2D eigenvalue weighted by Crippen LogP contribution is 2.41. The molecule has 1 heterocycles. The first-order valence-corrected chi connectivity index (χ1v) is 9.43. The summed E-state index contributed by atoms with van der Waals surface area (Å²) in [5.41, 5.74) is 5.50. The van der Waals surface area contributed by atoms with Gasteiger partial charge in [-0.05, 0) is 61.4 Å². The molecule has 0 aromatic heterocycles. The van der Waals surface area contributed by atoms with E-state index in [1.165, 1.54) is 24.0 Å². The number of rotatable bonds is 2. The molecule has 4 nitrogen and oxygen atoms in total. The van der Waals surface area contributed by atoms with E-state index in [0.717, 1.165) is 23.3 Å². The lowest BCUT2D eigenvalue weighted by molar-refractivity contribution is 0.184. The van der Waals surface area contributed by atoms with Crippen molar-refractivity contribution in [3.63, 3.8) is 0 Å². The van der Waals surface area contributed by atoms with Gasteiger partial charge in [0.05, 0.1) is 11.8 Å². The molecule has 1 unspecified atom stereocenters. The SMILES string of the molecule is CNC(=O)N1N=C(c2ccc(Cl)cc2)c2cc(C3CC3)ccc2CC1C.